The molecule has 9 heteroatoms. The number of hydrogen-bond donors (Lipinski definition) is 2. The van der Waals surface area contributed by atoms with Crippen LogP contribution >= 0.6 is 15.9 Å². The lowest BCUT2D eigenvalue weighted by atomic mass is 10.0. The zero-order chi connectivity index (χ0) is 25.4. The van der Waals surface area contributed by atoms with Crippen molar-refractivity contribution in [2.24, 2.45) is 0 Å². The van der Waals surface area contributed by atoms with Gasteiger partial charge in [0.15, 0.2) is 17.3 Å². The Morgan fingerprint density at radius 2 is 1.91 bits per heavy atom. The summed E-state index contributed by atoms with van der Waals surface area (Å²) in [4.78, 5) is 30.0. The van der Waals surface area contributed by atoms with E-state index in [1.165, 1.54) is 25.3 Å². The van der Waals surface area contributed by atoms with Crippen LogP contribution < -0.4 is 14.8 Å². The van der Waals surface area contributed by atoms with Crippen LogP contribution in [0.3, 0.4) is 0 Å². The molecule has 0 radical (unpaired) electrons. The number of aliphatic hydroxyl groups excluding tert-OH is 1. The Balaban J connectivity index is 1.76. The Labute approximate surface area is 211 Å². The summed E-state index contributed by atoms with van der Waals surface area (Å²) in [6.07, 6.45) is 1.63. The van der Waals surface area contributed by atoms with Crippen molar-refractivity contribution >= 4 is 27.6 Å². The molecular weight excluding hydrogens is 519 g/mol. The first-order valence-electron chi connectivity index (χ1n) is 11.1. The van der Waals surface area contributed by atoms with E-state index < -0.39 is 5.91 Å². The molecule has 1 amide bonds. The number of halogens is 2. The number of ether oxygens (including phenoxy) is 2. The summed E-state index contributed by atoms with van der Waals surface area (Å²) in [6.45, 7) is 1.73. The van der Waals surface area contributed by atoms with Crippen LogP contribution in [0.1, 0.15) is 39.8 Å². The molecule has 0 saturated carbocycles. The largest absolute Gasteiger partial charge is 0.493 e. The van der Waals surface area contributed by atoms with Gasteiger partial charge in [0, 0.05) is 11.1 Å². The summed E-state index contributed by atoms with van der Waals surface area (Å²) in [6, 6.07) is 12.7. The van der Waals surface area contributed by atoms with E-state index in [2.05, 4.69) is 26.2 Å². The number of benzene rings is 2. The fourth-order valence-corrected chi connectivity index (χ4v) is 3.82. The first-order valence-corrected chi connectivity index (χ1v) is 11.9. The predicted octanol–water partition coefficient (Wildman–Crippen LogP) is 4.60. The molecule has 35 heavy (non-hydrogen) atoms. The lowest BCUT2D eigenvalue weighted by Crippen LogP contribution is -2.30. The van der Waals surface area contributed by atoms with Gasteiger partial charge in [-0.2, -0.15) is 0 Å². The van der Waals surface area contributed by atoms with E-state index in [9.17, 15) is 14.0 Å². The molecule has 3 aromatic rings. The number of ketones is 1. The van der Waals surface area contributed by atoms with E-state index in [4.69, 9.17) is 14.6 Å². The van der Waals surface area contributed by atoms with Crippen molar-refractivity contribution in [3.8, 4) is 22.8 Å². The summed E-state index contributed by atoms with van der Waals surface area (Å²) in [5.41, 5.74) is 2.73. The van der Waals surface area contributed by atoms with Gasteiger partial charge in [0.2, 0.25) is 0 Å². The van der Waals surface area contributed by atoms with Gasteiger partial charge in [-0.05, 0) is 70.4 Å². The minimum atomic E-state index is -0.462. The van der Waals surface area contributed by atoms with Crippen LogP contribution in [0.5, 0.6) is 11.5 Å². The molecule has 0 saturated heterocycles. The lowest BCUT2D eigenvalue weighted by Gasteiger charge is -2.12. The highest BCUT2D eigenvalue weighted by atomic mass is 79.9. The second-order valence-corrected chi connectivity index (χ2v) is 8.48. The first-order chi connectivity index (χ1) is 16.9. The van der Waals surface area contributed by atoms with Crippen LogP contribution in [-0.2, 0) is 6.42 Å². The normalized spacial score (nSPS) is 10.7. The second kappa shape index (κ2) is 12.4. The standard InChI is InChI=1S/C26H26BrFN2O5/c1-3-4-16-6-9-21(30-25(16)17-5-8-20(28)19(27)13-17)22(32)15-29-26(33)18-7-10-23(35-12-11-31)24(14-18)34-2/h5-10,13-14,31H,3-4,11-12,15H2,1-2H3,(H,29,33). The topological polar surface area (TPSA) is 97.8 Å². The van der Waals surface area contributed by atoms with Gasteiger partial charge in [0.05, 0.1) is 30.4 Å². The summed E-state index contributed by atoms with van der Waals surface area (Å²) < 4.78 is 24.6. The maximum Gasteiger partial charge on any atom is 0.251 e. The summed E-state index contributed by atoms with van der Waals surface area (Å²) in [7, 11) is 1.44. The fourth-order valence-electron chi connectivity index (χ4n) is 3.44. The summed E-state index contributed by atoms with van der Waals surface area (Å²) in [5.74, 6) is -0.481. The number of aliphatic hydroxyl groups is 1. The number of nitrogens with one attached hydrogen (secondary N) is 1. The Kier molecular flexibility index (Phi) is 9.33. The Hall–Kier alpha value is -3.30. The molecule has 0 atom stereocenters. The molecule has 1 aromatic heterocycles. The van der Waals surface area contributed by atoms with Crippen molar-refractivity contribution < 1.29 is 28.6 Å². The number of methoxy groups -OCH3 is 1. The average molecular weight is 545 g/mol. The van der Waals surface area contributed by atoms with Crippen LogP contribution in [0.4, 0.5) is 4.39 Å². The highest BCUT2D eigenvalue weighted by Crippen LogP contribution is 2.29. The number of aryl methyl sites for hydroxylation is 1. The molecule has 0 fully saturated rings. The van der Waals surface area contributed by atoms with Gasteiger partial charge in [-0.25, -0.2) is 9.37 Å². The number of hydrogen-bond acceptors (Lipinski definition) is 6. The minimum absolute atomic E-state index is 0.0946. The monoisotopic (exact) mass is 544 g/mol. The SMILES string of the molecule is CCCc1ccc(C(=O)CNC(=O)c2ccc(OCCO)c(OC)c2)nc1-c1ccc(F)c(Br)c1. The smallest absolute Gasteiger partial charge is 0.251 e. The van der Waals surface area contributed by atoms with Gasteiger partial charge in [-0.3, -0.25) is 9.59 Å². The molecule has 1 heterocycles. The van der Waals surface area contributed by atoms with Crippen LogP contribution in [0.25, 0.3) is 11.3 Å². The third-order valence-electron chi connectivity index (χ3n) is 5.16. The van der Waals surface area contributed by atoms with E-state index in [1.807, 2.05) is 13.0 Å². The van der Waals surface area contributed by atoms with Crippen molar-refractivity contribution in [3.05, 3.63) is 75.6 Å². The Morgan fingerprint density at radius 3 is 2.60 bits per heavy atom. The number of rotatable bonds is 11. The molecular formula is C26H26BrFN2O5. The summed E-state index contributed by atoms with van der Waals surface area (Å²) >= 11 is 3.20. The molecule has 0 aliphatic carbocycles. The quantitative estimate of drug-likeness (QED) is 0.342. The van der Waals surface area contributed by atoms with E-state index in [1.54, 1.807) is 24.3 Å². The van der Waals surface area contributed by atoms with Gasteiger partial charge < -0.3 is 19.9 Å². The maximum absolute atomic E-state index is 13.7. The van der Waals surface area contributed by atoms with Crippen molar-refractivity contribution in [2.75, 3.05) is 26.9 Å². The molecule has 0 aliphatic heterocycles. The molecule has 2 N–H and O–H groups in total. The number of pyridine rings is 1. The minimum Gasteiger partial charge on any atom is -0.493 e. The Morgan fingerprint density at radius 1 is 1.11 bits per heavy atom. The maximum atomic E-state index is 13.7. The number of nitrogens with zero attached hydrogens (tertiary/aromatic N) is 1. The van der Waals surface area contributed by atoms with E-state index in [0.29, 0.717) is 27.2 Å². The fraction of sp³-hybridized carbons (Fsp3) is 0.269. The van der Waals surface area contributed by atoms with E-state index in [0.717, 1.165) is 18.4 Å². The molecule has 0 spiro atoms. The van der Waals surface area contributed by atoms with Crippen LogP contribution in [0.2, 0.25) is 0 Å². The number of carbonyl (C=O) groups excluding carboxylic acids is 2. The number of carbonyl (C=O) groups is 2. The first kappa shape index (κ1) is 26.3. The van der Waals surface area contributed by atoms with E-state index in [-0.39, 0.29) is 42.6 Å². The average Bonchev–Trinajstić information content (AvgIpc) is 2.87. The molecule has 184 valence electrons. The van der Waals surface area contributed by atoms with Gasteiger partial charge in [-0.1, -0.05) is 19.4 Å². The third kappa shape index (κ3) is 6.64. The van der Waals surface area contributed by atoms with Gasteiger partial charge in [0.25, 0.3) is 5.91 Å². The molecule has 7 nitrogen and oxygen atoms in total. The highest BCUT2D eigenvalue weighted by Gasteiger charge is 2.16. The predicted molar refractivity (Wildman–Crippen MR) is 134 cm³/mol. The molecule has 0 bridgehead atoms. The van der Waals surface area contributed by atoms with Gasteiger partial charge in [0.1, 0.15) is 18.1 Å². The van der Waals surface area contributed by atoms with Crippen LogP contribution in [-0.4, -0.2) is 48.6 Å². The van der Waals surface area contributed by atoms with Crippen molar-refractivity contribution in [3.63, 3.8) is 0 Å². The number of amides is 1. The third-order valence-corrected chi connectivity index (χ3v) is 5.77. The van der Waals surface area contributed by atoms with Gasteiger partial charge in [-0.15, -0.1) is 0 Å². The zero-order valence-corrected chi connectivity index (χ0v) is 21.0. The summed E-state index contributed by atoms with van der Waals surface area (Å²) in [5, 5.41) is 11.5. The highest BCUT2D eigenvalue weighted by molar-refractivity contribution is 9.10. The van der Waals surface area contributed by atoms with E-state index >= 15 is 0 Å². The van der Waals surface area contributed by atoms with Crippen LogP contribution in [0, 0.1) is 5.82 Å². The number of Topliss-reactive ketones (excluding diaryl/α,β-unsaturated/α-hetero) is 1. The van der Waals surface area contributed by atoms with Crippen LogP contribution in [0.15, 0.2) is 53.0 Å². The zero-order valence-electron chi connectivity index (χ0n) is 19.4. The second-order valence-electron chi connectivity index (χ2n) is 7.63. The molecule has 0 unspecified atom stereocenters. The molecule has 3 rings (SSSR count). The Bertz CT molecular complexity index is 1220. The lowest BCUT2D eigenvalue weighted by molar-refractivity contribution is 0.0902. The van der Waals surface area contributed by atoms with Crippen molar-refractivity contribution in [1.82, 2.24) is 10.3 Å². The molecule has 2 aromatic carbocycles. The van der Waals surface area contributed by atoms with Gasteiger partial charge >= 0.3 is 0 Å². The van der Waals surface area contributed by atoms with Crippen molar-refractivity contribution in [1.29, 1.82) is 0 Å². The van der Waals surface area contributed by atoms with Crippen molar-refractivity contribution in [2.45, 2.75) is 19.8 Å². The number of aromatic nitrogens is 1. The molecule has 0 aliphatic rings.